The first-order valence-corrected chi connectivity index (χ1v) is 12.0. The van der Waals surface area contributed by atoms with Crippen LogP contribution >= 0.6 is 12.2 Å². The van der Waals surface area contributed by atoms with Crippen LogP contribution in [-0.2, 0) is 6.42 Å². The lowest BCUT2D eigenvalue weighted by Crippen LogP contribution is -2.34. The number of amides is 1. The summed E-state index contributed by atoms with van der Waals surface area (Å²) >= 11 is 5.40. The molecule has 3 aromatic rings. The molecule has 0 aliphatic carbocycles. The molecule has 178 valence electrons. The minimum absolute atomic E-state index is 0.197. The fourth-order valence-corrected chi connectivity index (χ4v) is 3.51. The maximum Gasteiger partial charge on any atom is 0.261 e. The molecule has 0 fully saturated rings. The summed E-state index contributed by atoms with van der Waals surface area (Å²) in [5.41, 5.74) is 2.43. The Morgan fingerprint density at radius 3 is 2.26 bits per heavy atom. The fourth-order valence-electron chi connectivity index (χ4n) is 3.31. The van der Waals surface area contributed by atoms with Crippen LogP contribution in [0.4, 0.5) is 5.69 Å². The normalized spacial score (nSPS) is 10.6. The Hall–Kier alpha value is -3.38. The van der Waals surface area contributed by atoms with Gasteiger partial charge in [0.25, 0.3) is 5.91 Å². The molecule has 0 bridgehead atoms. The molecule has 5 nitrogen and oxygen atoms in total. The van der Waals surface area contributed by atoms with Gasteiger partial charge in [-0.1, -0.05) is 68.4 Å². The quantitative estimate of drug-likeness (QED) is 0.253. The minimum Gasteiger partial charge on any atom is -0.493 e. The lowest BCUT2D eigenvalue weighted by Gasteiger charge is -2.15. The number of para-hydroxylation sites is 3. The van der Waals surface area contributed by atoms with E-state index in [2.05, 4.69) is 36.6 Å². The van der Waals surface area contributed by atoms with Crippen molar-refractivity contribution in [2.75, 3.05) is 18.5 Å². The number of hydrogen-bond donors (Lipinski definition) is 2. The number of thiocarbonyl (C=S) groups is 1. The topological polar surface area (TPSA) is 59.6 Å². The van der Waals surface area contributed by atoms with Gasteiger partial charge in [0.15, 0.2) is 5.11 Å². The second-order valence-corrected chi connectivity index (χ2v) is 8.78. The van der Waals surface area contributed by atoms with Crippen molar-refractivity contribution in [3.8, 4) is 11.5 Å². The molecule has 1 amide bonds. The average Bonchev–Trinajstić information content (AvgIpc) is 2.83. The lowest BCUT2D eigenvalue weighted by atomic mass is 10.1. The third-order valence-corrected chi connectivity index (χ3v) is 5.36. The van der Waals surface area contributed by atoms with Crippen molar-refractivity contribution in [2.45, 2.75) is 33.1 Å². The van der Waals surface area contributed by atoms with Crippen molar-refractivity contribution in [2.24, 2.45) is 5.92 Å². The molecular weight excluding hydrogens is 444 g/mol. The van der Waals surface area contributed by atoms with E-state index < -0.39 is 0 Å². The standard InChI is InChI=1S/C28H32N2O3S/c1-21(2)18-20-33-25-16-8-6-14-23(25)27(31)30-28(34)29-24-15-7-9-17-26(24)32-19-10-13-22-11-4-3-5-12-22/h3-9,11-12,14-17,21H,10,13,18-20H2,1-2H3,(H2,29,30,31,34). The van der Waals surface area contributed by atoms with E-state index in [1.54, 1.807) is 18.2 Å². The molecule has 0 saturated carbocycles. The summed E-state index contributed by atoms with van der Waals surface area (Å²) in [7, 11) is 0. The monoisotopic (exact) mass is 476 g/mol. The zero-order chi connectivity index (χ0) is 24.2. The van der Waals surface area contributed by atoms with Crippen LogP contribution in [0.1, 0.15) is 42.6 Å². The third-order valence-electron chi connectivity index (χ3n) is 5.16. The van der Waals surface area contributed by atoms with Crippen LogP contribution in [0.3, 0.4) is 0 Å². The van der Waals surface area contributed by atoms with Gasteiger partial charge >= 0.3 is 0 Å². The van der Waals surface area contributed by atoms with Gasteiger partial charge in [0.1, 0.15) is 11.5 Å². The Morgan fingerprint density at radius 1 is 0.853 bits per heavy atom. The van der Waals surface area contributed by atoms with Gasteiger partial charge in [-0.2, -0.15) is 0 Å². The van der Waals surface area contributed by atoms with E-state index in [0.717, 1.165) is 19.3 Å². The van der Waals surface area contributed by atoms with Crippen LogP contribution in [0, 0.1) is 5.92 Å². The van der Waals surface area contributed by atoms with Crippen molar-refractivity contribution >= 4 is 28.9 Å². The second-order valence-electron chi connectivity index (χ2n) is 8.37. The second kappa shape index (κ2) is 13.4. The maximum atomic E-state index is 12.8. The number of carbonyl (C=O) groups excluding carboxylic acids is 1. The number of ether oxygens (including phenoxy) is 2. The highest BCUT2D eigenvalue weighted by Crippen LogP contribution is 2.24. The summed E-state index contributed by atoms with van der Waals surface area (Å²) in [6.45, 7) is 5.40. The van der Waals surface area contributed by atoms with Gasteiger partial charge in [-0.15, -0.1) is 0 Å². The van der Waals surface area contributed by atoms with E-state index >= 15 is 0 Å². The maximum absolute atomic E-state index is 12.8. The summed E-state index contributed by atoms with van der Waals surface area (Å²) < 4.78 is 11.8. The smallest absolute Gasteiger partial charge is 0.261 e. The van der Waals surface area contributed by atoms with Gasteiger partial charge in [0, 0.05) is 0 Å². The molecule has 0 unspecified atom stereocenters. The Balaban J connectivity index is 1.53. The number of hydrogen-bond acceptors (Lipinski definition) is 4. The molecule has 2 N–H and O–H groups in total. The largest absolute Gasteiger partial charge is 0.493 e. The molecule has 0 aliphatic heterocycles. The summed E-state index contributed by atoms with van der Waals surface area (Å²) in [6.07, 6.45) is 2.76. The third kappa shape index (κ3) is 8.19. The highest BCUT2D eigenvalue weighted by atomic mass is 32.1. The van der Waals surface area contributed by atoms with Crippen LogP contribution in [0.5, 0.6) is 11.5 Å². The highest BCUT2D eigenvalue weighted by molar-refractivity contribution is 7.80. The van der Waals surface area contributed by atoms with Crippen molar-refractivity contribution in [1.29, 1.82) is 0 Å². The van der Waals surface area contributed by atoms with E-state index in [4.69, 9.17) is 21.7 Å². The van der Waals surface area contributed by atoms with Crippen molar-refractivity contribution < 1.29 is 14.3 Å². The average molecular weight is 477 g/mol. The molecule has 0 aliphatic rings. The van der Waals surface area contributed by atoms with Crippen LogP contribution in [0.15, 0.2) is 78.9 Å². The Morgan fingerprint density at radius 2 is 1.50 bits per heavy atom. The highest BCUT2D eigenvalue weighted by Gasteiger charge is 2.14. The summed E-state index contributed by atoms with van der Waals surface area (Å²) in [5.74, 6) is 1.44. The van der Waals surface area contributed by atoms with Gasteiger partial charge in [-0.05, 0) is 67.2 Å². The van der Waals surface area contributed by atoms with Gasteiger partial charge in [-0.3, -0.25) is 10.1 Å². The predicted octanol–water partition coefficient (Wildman–Crippen LogP) is 6.25. The van der Waals surface area contributed by atoms with Crippen LogP contribution in [0.25, 0.3) is 0 Å². The minimum atomic E-state index is -0.320. The molecule has 6 heteroatoms. The Labute approximate surface area is 207 Å². The van der Waals surface area contributed by atoms with Gasteiger partial charge < -0.3 is 14.8 Å². The van der Waals surface area contributed by atoms with Gasteiger partial charge in [0.05, 0.1) is 24.5 Å². The van der Waals surface area contributed by atoms with E-state index in [1.807, 2.05) is 48.5 Å². The van der Waals surface area contributed by atoms with E-state index in [-0.39, 0.29) is 11.0 Å². The Bertz CT molecular complexity index is 1070. The molecule has 0 atom stereocenters. The van der Waals surface area contributed by atoms with Crippen LogP contribution < -0.4 is 20.1 Å². The van der Waals surface area contributed by atoms with Crippen molar-refractivity contribution in [1.82, 2.24) is 5.32 Å². The van der Waals surface area contributed by atoms with Crippen molar-refractivity contribution in [3.05, 3.63) is 90.0 Å². The zero-order valence-corrected chi connectivity index (χ0v) is 20.6. The number of nitrogens with one attached hydrogen (secondary N) is 2. The van der Waals surface area contributed by atoms with Crippen molar-refractivity contribution in [3.63, 3.8) is 0 Å². The van der Waals surface area contributed by atoms with E-state index in [1.165, 1.54) is 5.56 Å². The van der Waals surface area contributed by atoms with Gasteiger partial charge in [0.2, 0.25) is 0 Å². The molecule has 3 aromatic carbocycles. The molecule has 0 saturated heterocycles. The van der Waals surface area contributed by atoms with Crippen LogP contribution in [-0.4, -0.2) is 24.2 Å². The summed E-state index contributed by atoms with van der Waals surface area (Å²) in [4.78, 5) is 12.8. The molecule has 0 spiro atoms. The summed E-state index contributed by atoms with van der Waals surface area (Å²) in [5, 5.41) is 6.02. The predicted molar refractivity (Wildman–Crippen MR) is 142 cm³/mol. The van der Waals surface area contributed by atoms with Gasteiger partial charge in [-0.25, -0.2) is 0 Å². The number of rotatable bonds is 11. The SMILES string of the molecule is CC(C)CCOc1ccccc1C(=O)NC(=S)Nc1ccccc1OCCCc1ccccc1. The Kier molecular flexibility index (Phi) is 9.92. The summed E-state index contributed by atoms with van der Waals surface area (Å²) in [6, 6.07) is 25.1. The molecule has 0 aromatic heterocycles. The number of anilines is 1. The van der Waals surface area contributed by atoms with E-state index in [9.17, 15) is 4.79 Å². The molecule has 34 heavy (non-hydrogen) atoms. The molecule has 3 rings (SSSR count). The molecular formula is C28H32N2O3S. The zero-order valence-electron chi connectivity index (χ0n) is 19.8. The first-order chi connectivity index (χ1) is 16.5. The first-order valence-electron chi connectivity index (χ1n) is 11.6. The fraction of sp³-hybridized carbons (Fsp3) is 0.286. The van der Waals surface area contributed by atoms with Crippen LogP contribution in [0.2, 0.25) is 0 Å². The molecule has 0 radical (unpaired) electrons. The molecule has 0 heterocycles. The lowest BCUT2D eigenvalue weighted by molar-refractivity contribution is 0.0973. The first kappa shape index (κ1) is 25.2. The number of benzene rings is 3. The number of aryl methyl sites for hydroxylation is 1. The number of carbonyl (C=O) groups is 1. The van der Waals surface area contributed by atoms with E-state index in [0.29, 0.717) is 41.9 Å².